The molecule has 3 heterocycles. The van der Waals surface area contributed by atoms with Crippen LogP contribution >= 0.6 is 0 Å². The quantitative estimate of drug-likeness (QED) is 0.164. The Morgan fingerprint density at radius 3 is 2.32 bits per heavy atom. The molecule has 1 N–H and O–H groups in total. The summed E-state index contributed by atoms with van der Waals surface area (Å²) in [6.07, 6.45) is 6.32. The number of nitrogens with zero attached hydrogens (tertiary/aromatic N) is 3. The molecule has 4 rings (SSSR count). The summed E-state index contributed by atoms with van der Waals surface area (Å²) in [6, 6.07) is 6.18. The number of benzene rings is 1. The van der Waals surface area contributed by atoms with Gasteiger partial charge in [0.2, 0.25) is 5.91 Å². The smallest absolute Gasteiger partial charge is 0.312 e. The third-order valence-electron chi connectivity index (χ3n) is 10.1. The summed E-state index contributed by atoms with van der Waals surface area (Å²) >= 11 is 0. The summed E-state index contributed by atoms with van der Waals surface area (Å²) in [4.78, 5) is 48.6. The molecule has 9 nitrogen and oxygen atoms in total. The summed E-state index contributed by atoms with van der Waals surface area (Å²) in [7, 11) is 0. The van der Waals surface area contributed by atoms with Crippen LogP contribution in [-0.2, 0) is 23.9 Å². The first-order chi connectivity index (χ1) is 21.1. The second-order valence-corrected chi connectivity index (χ2v) is 12.6. The molecule has 44 heavy (non-hydrogen) atoms. The van der Waals surface area contributed by atoms with E-state index in [1.54, 1.807) is 22.0 Å². The van der Waals surface area contributed by atoms with Gasteiger partial charge in [0.15, 0.2) is 0 Å². The molecule has 3 aliphatic rings. The number of allylic oxidation sites excluding steroid dienone is 1. The monoisotopic (exact) mass is 609 g/mol. The Kier molecular flexibility index (Phi) is 10.6. The minimum Gasteiger partial charge on any atom is -0.465 e. The van der Waals surface area contributed by atoms with Gasteiger partial charge in [-0.3, -0.25) is 14.4 Å². The number of carbonyl (C=O) groups is 3. The number of esters is 1. The van der Waals surface area contributed by atoms with Crippen molar-refractivity contribution in [2.24, 2.45) is 17.8 Å². The number of likely N-dealkylation sites (tertiary alicyclic amines) is 1. The normalized spacial score (nSPS) is 27.8. The van der Waals surface area contributed by atoms with Gasteiger partial charge >= 0.3 is 5.97 Å². The molecule has 3 aliphatic heterocycles. The third kappa shape index (κ3) is 5.58. The zero-order valence-corrected chi connectivity index (χ0v) is 27.2. The standard InChI is InChI=1S/C35H51N3O6/c1-8-13-14-22-43-33(42)29-28-31(40)38(27(23-39)24(6)7)30(35(28)20-19-34(29,10-3)44-35)32(41)37(21-9-2)26-17-15-25(16-18-26)36(11-4)12-5/h8-9,15-18,24,27-30,39H,1-2,10-14,19-23H2,3-7H3/t27-,28-,29+,30?,34-,35?/m0/s1. The van der Waals surface area contributed by atoms with Crippen LogP contribution in [0.3, 0.4) is 0 Å². The molecule has 0 saturated carbocycles. The Hall–Kier alpha value is -3.17. The molecule has 3 fully saturated rings. The van der Waals surface area contributed by atoms with Crippen molar-refractivity contribution in [3.63, 3.8) is 0 Å². The first kappa shape index (κ1) is 33.7. The van der Waals surface area contributed by atoms with E-state index in [1.807, 2.05) is 45.0 Å². The number of aliphatic hydroxyl groups is 1. The summed E-state index contributed by atoms with van der Waals surface area (Å²) in [5.74, 6) is -2.93. The lowest BCUT2D eigenvalue weighted by Crippen LogP contribution is -2.60. The van der Waals surface area contributed by atoms with Crippen molar-refractivity contribution in [3.8, 4) is 0 Å². The first-order valence-corrected chi connectivity index (χ1v) is 16.3. The van der Waals surface area contributed by atoms with E-state index in [2.05, 4.69) is 31.9 Å². The van der Waals surface area contributed by atoms with Gasteiger partial charge in [-0.2, -0.15) is 0 Å². The molecular formula is C35H51N3O6. The van der Waals surface area contributed by atoms with Crippen LogP contribution in [0.25, 0.3) is 0 Å². The average Bonchev–Trinajstić information content (AvgIpc) is 3.63. The number of ether oxygens (including phenoxy) is 2. The van der Waals surface area contributed by atoms with Gasteiger partial charge in [0, 0.05) is 31.0 Å². The third-order valence-corrected chi connectivity index (χ3v) is 10.1. The van der Waals surface area contributed by atoms with Crippen LogP contribution in [0, 0.1) is 17.8 Å². The molecule has 1 spiro atoms. The van der Waals surface area contributed by atoms with Crippen molar-refractivity contribution in [1.29, 1.82) is 0 Å². The van der Waals surface area contributed by atoms with Crippen LogP contribution in [0.1, 0.15) is 66.7 Å². The van der Waals surface area contributed by atoms with E-state index in [1.165, 1.54) is 0 Å². The molecule has 2 bridgehead atoms. The number of amides is 2. The average molecular weight is 610 g/mol. The number of hydrogen-bond donors (Lipinski definition) is 1. The maximum atomic E-state index is 14.9. The minimum atomic E-state index is -1.21. The first-order valence-electron chi connectivity index (χ1n) is 16.3. The van der Waals surface area contributed by atoms with Gasteiger partial charge in [-0.05, 0) is 76.1 Å². The fraction of sp³-hybridized carbons (Fsp3) is 0.629. The number of anilines is 2. The number of fused-ring (bicyclic) bond motifs is 1. The topological polar surface area (TPSA) is 99.6 Å². The SMILES string of the molecule is C=CCCCOC(=O)[C@H]1[C@H]2C(=O)N([C@@H](CO)C(C)C)C(C(=O)N(CC=C)c3ccc(N(CC)CC)cc3)C23CC[C@]1(CC)O3. The predicted molar refractivity (Wildman–Crippen MR) is 172 cm³/mol. The maximum absolute atomic E-state index is 14.9. The lowest BCUT2D eigenvalue weighted by molar-refractivity contribution is -0.162. The van der Waals surface area contributed by atoms with Crippen LogP contribution in [0.5, 0.6) is 0 Å². The minimum absolute atomic E-state index is 0.141. The lowest BCUT2D eigenvalue weighted by Gasteiger charge is -2.40. The van der Waals surface area contributed by atoms with Gasteiger partial charge in [0.1, 0.15) is 17.6 Å². The van der Waals surface area contributed by atoms with Gasteiger partial charge in [-0.1, -0.05) is 32.9 Å². The van der Waals surface area contributed by atoms with E-state index in [-0.39, 0.29) is 37.5 Å². The van der Waals surface area contributed by atoms with E-state index in [0.29, 0.717) is 37.8 Å². The van der Waals surface area contributed by atoms with Crippen molar-refractivity contribution >= 4 is 29.2 Å². The second-order valence-electron chi connectivity index (χ2n) is 12.6. The number of carbonyl (C=O) groups excluding carboxylic acids is 3. The Bertz CT molecular complexity index is 1210. The van der Waals surface area contributed by atoms with Crippen molar-refractivity contribution in [2.45, 2.75) is 90.0 Å². The van der Waals surface area contributed by atoms with Gasteiger partial charge in [0.25, 0.3) is 5.91 Å². The number of unbranched alkanes of at least 4 members (excludes halogenated alkanes) is 1. The van der Waals surface area contributed by atoms with E-state index in [9.17, 15) is 19.5 Å². The molecule has 242 valence electrons. The van der Waals surface area contributed by atoms with Crippen LogP contribution in [-0.4, -0.2) is 83.9 Å². The fourth-order valence-electron chi connectivity index (χ4n) is 7.79. The summed E-state index contributed by atoms with van der Waals surface area (Å²) in [6.45, 7) is 19.5. The maximum Gasteiger partial charge on any atom is 0.312 e. The summed E-state index contributed by atoms with van der Waals surface area (Å²) in [5, 5.41) is 10.6. The highest BCUT2D eigenvalue weighted by Crippen LogP contribution is 2.65. The Balaban J connectivity index is 1.79. The molecule has 1 aromatic carbocycles. The van der Waals surface area contributed by atoms with Crippen LogP contribution in [0.4, 0.5) is 11.4 Å². The summed E-state index contributed by atoms with van der Waals surface area (Å²) in [5.41, 5.74) is -0.364. The molecule has 6 atom stereocenters. The second kappa shape index (κ2) is 13.9. The predicted octanol–water partition coefficient (Wildman–Crippen LogP) is 4.73. The molecule has 0 aromatic heterocycles. The van der Waals surface area contributed by atoms with Crippen LogP contribution < -0.4 is 9.80 Å². The van der Waals surface area contributed by atoms with Gasteiger partial charge in [0.05, 0.1) is 30.8 Å². The molecule has 2 unspecified atom stereocenters. The largest absolute Gasteiger partial charge is 0.465 e. The Labute approximate surface area is 262 Å². The number of hydrogen-bond acceptors (Lipinski definition) is 7. The summed E-state index contributed by atoms with van der Waals surface area (Å²) < 4.78 is 12.6. The van der Waals surface area contributed by atoms with Gasteiger partial charge < -0.3 is 29.3 Å². The Morgan fingerprint density at radius 1 is 1.11 bits per heavy atom. The number of rotatable bonds is 16. The van der Waals surface area contributed by atoms with E-state index < -0.39 is 41.1 Å². The van der Waals surface area contributed by atoms with E-state index in [0.717, 1.165) is 18.8 Å². The van der Waals surface area contributed by atoms with Crippen molar-refractivity contribution in [1.82, 2.24) is 4.90 Å². The molecular weight excluding hydrogens is 558 g/mol. The van der Waals surface area contributed by atoms with Gasteiger partial charge in [-0.15, -0.1) is 13.2 Å². The van der Waals surface area contributed by atoms with Crippen molar-refractivity contribution in [3.05, 3.63) is 49.6 Å². The molecule has 3 saturated heterocycles. The lowest BCUT2D eigenvalue weighted by atomic mass is 9.65. The number of aliphatic hydroxyl groups excluding tert-OH is 1. The molecule has 2 amide bonds. The zero-order chi connectivity index (χ0) is 32.2. The molecule has 0 aliphatic carbocycles. The van der Waals surface area contributed by atoms with Crippen molar-refractivity contribution < 1.29 is 29.0 Å². The zero-order valence-electron chi connectivity index (χ0n) is 27.2. The van der Waals surface area contributed by atoms with Crippen molar-refractivity contribution in [2.75, 3.05) is 42.6 Å². The fourth-order valence-corrected chi connectivity index (χ4v) is 7.79. The molecule has 0 radical (unpaired) electrons. The molecule has 1 aromatic rings. The van der Waals surface area contributed by atoms with Crippen LogP contribution in [0.15, 0.2) is 49.6 Å². The van der Waals surface area contributed by atoms with Crippen LogP contribution in [0.2, 0.25) is 0 Å². The highest BCUT2D eigenvalue weighted by Gasteiger charge is 2.79. The highest BCUT2D eigenvalue weighted by atomic mass is 16.6. The Morgan fingerprint density at radius 2 is 1.77 bits per heavy atom. The molecule has 9 heteroatoms. The van der Waals surface area contributed by atoms with Gasteiger partial charge in [-0.25, -0.2) is 0 Å². The highest BCUT2D eigenvalue weighted by molar-refractivity contribution is 6.05. The van der Waals surface area contributed by atoms with E-state index >= 15 is 0 Å². The van der Waals surface area contributed by atoms with E-state index in [4.69, 9.17) is 9.47 Å².